The first kappa shape index (κ1) is 12.0. The monoisotopic (exact) mass is 211 g/mol. The molecule has 85 valence electrons. The molecule has 4 nitrogen and oxygen atoms in total. The molecule has 0 bridgehead atoms. The molecule has 1 aliphatic carbocycles. The van der Waals surface area contributed by atoms with Crippen LogP contribution in [0, 0.1) is 12.3 Å². The molecule has 0 unspecified atom stereocenters. The summed E-state index contributed by atoms with van der Waals surface area (Å²) in [5.41, 5.74) is 5.10. The summed E-state index contributed by atoms with van der Waals surface area (Å²) in [5.74, 6) is -0.700. The van der Waals surface area contributed by atoms with E-state index in [2.05, 4.69) is 5.32 Å². The molecule has 1 radical (unpaired) electrons. The van der Waals surface area contributed by atoms with Crippen LogP contribution >= 0.6 is 0 Å². The Morgan fingerprint density at radius 2 is 2.07 bits per heavy atom. The van der Waals surface area contributed by atoms with Gasteiger partial charge in [-0.25, -0.2) is 0 Å². The second kappa shape index (κ2) is 5.73. The van der Waals surface area contributed by atoms with Crippen molar-refractivity contribution in [2.24, 2.45) is 11.7 Å². The fourth-order valence-electron chi connectivity index (χ4n) is 1.73. The number of nitrogens with one attached hydrogen (secondary N) is 1. The number of primary amides is 1. The third kappa shape index (κ3) is 4.32. The Labute approximate surface area is 90.6 Å². The maximum absolute atomic E-state index is 11.4. The third-order valence-corrected chi connectivity index (χ3v) is 2.84. The molecule has 3 N–H and O–H groups in total. The van der Waals surface area contributed by atoms with Crippen LogP contribution in [0.3, 0.4) is 0 Å². The van der Waals surface area contributed by atoms with Crippen LogP contribution in [0.25, 0.3) is 0 Å². The van der Waals surface area contributed by atoms with Crippen molar-refractivity contribution in [3.05, 3.63) is 6.42 Å². The average molecular weight is 211 g/mol. The van der Waals surface area contributed by atoms with E-state index in [1.54, 1.807) is 6.92 Å². The normalized spacial score (nSPS) is 18.7. The van der Waals surface area contributed by atoms with E-state index in [9.17, 15) is 9.59 Å². The Hall–Kier alpha value is -1.06. The number of rotatable bonds is 5. The van der Waals surface area contributed by atoms with Gasteiger partial charge in [0, 0.05) is 12.0 Å². The van der Waals surface area contributed by atoms with Crippen molar-refractivity contribution in [1.29, 1.82) is 0 Å². The predicted molar refractivity (Wildman–Crippen MR) is 57.7 cm³/mol. The lowest BCUT2D eigenvalue weighted by Crippen LogP contribution is -2.33. The van der Waals surface area contributed by atoms with E-state index >= 15 is 0 Å². The average Bonchev–Trinajstić information content (AvgIpc) is 2.66. The van der Waals surface area contributed by atoms with Crippen molar-refractivity contribution in [2.45, 2.75) is 45.1 Å². The molecule has 0 aromatic heterocycles. The largest absolute Gasteiger partial charge is 0.369 e. The number of amides is 2. The van der Waals surface area contributed by atoms with Gasteiger partial charge in [-0.05, 0) is 19.3 Å². The zero-order chi connectivity index (χ0) is 11.3. The van der Waals surface area contributed by atoms with Crippen LogP contribution in [0.1, 0.15) is 39.0 Å². The van der Waals surface area contributed by atoms with Crippen molar-refractivity contribution >= 4 is 11.8 Å². The minimum Gasteiger partial charge on any atom is -0.369 e. The van der Waals surface area contributed by atoms with Crippen LogP contribution < -0.4 is 11.1 Å². The summed E-state index contributed by atoms with van der Waals surface area (Å²) in [4.78, 5) is 22.1. The molecule has 1 rings (SSSR count). The van der Waals surface area contributed by atoms with Gasteiger partial charge < -0.3 is 11.1 Å². The van der Waals surface area contributed by atoms with Crippen LogP contribution in [0.5, 0.6) is 0 Å². The van der Waals surface area contributed by atoms with Gasteiger partial charge in [-0.2, -0.15) is 0 Å². The Morgan fingerprint density at radius 3 is 2.60 bits per heavy atom. The smallest absolute Gasteiger partial charge is 0.224 e. The van der Waals surface area contributed by atoms with Crippen molar-refractivity contribution in [3.63, 3.8) is 0 Å². The van der Waals surface area contributed by atoms with Crippen molar-refractivity contribution in [3.8, 4) is 0 Å². The second-order valence-electron chi connectivity index (χ2n) is 4.23. The topological polar surface area (TPSA) is 72.2 Å². The summed E-state index contributed by atoms with van der Waals surface area (Å²) >= 11 is 0. The van der Waals surface area contributed by atoms with Crippen molar-refractivity contribution < 1.29 is 9.59 Å². The van der Waals surface area contributed by atoms with Gasteiger partial charge in [0.2, 0.25) is 11.8 Å². The first-order valence-corrected chi connectivity index (χ1v) is 5.52. The Morgan fingerprint density at radius 1 is 1.47 bits per heavy atom. The Bertz CT molecular complexity index is 235. The number of carbonyl (C=O) groups is 2. The lowest BCUT2D eigenvalue weighted by molar-refractivity contribution is -0.121. The molecule has 0 spiro atoms. The van der Waals surface area contributed by atoms with E-state index in [0.29, 0.717) is 12.5 Å². The molecule has 2 amide bonds. The molecule has 15 heavy (non-hydrogen) atoms. The molecule has 0 saturated heterocycles. The Kier molecular flexibility index (Phi) is 4.59. The highest BCUT2D eigenvalue weighted by atomic mass is 16.2. The fraction of sp³-hybridized carbons (Fsp3) is 0.727. The highest BCUT2D eigenvalue weighted by Gasteiger charge is 2.18. The van der Waals surface area contributed by atoms with Gasteiger partial charge in [0.15, 0.2) is 0 Å². The fourth-order valence-corrected chi connectivity index (χ4v) is 1.73. The van der Waals surface area contributed by atoms with E-state index < -0.39 is 0 Å². The molecule has 1 atom stereocenters. The molecule has 1 fully saturated rings. The van der Waals surface area contributed by atoms with Crippen LogP contribution in [-0.2, 0) is 9.59 Å². The highest BCUT2D eigenvalue weighted by molar-refractivity contribution is 5.86. The van der Waals surface area contributed by atoms with Crippen LogP contribution in [0.4, 0.5) is 0 Å². The zero-order valence-electron chi connectivity index (χ0n) is 9.16. The quantitative estimate of drug-likeness (QED) is 0.704. The summed E-state index contributed by atoms with van der Waals surface area (Å²) in [6.07, 6.45) is 6.49. The molecule has 1 saturated carbocycles. The molecule has 0 aromatic carbocycles. The second-order valence-corrected chi connectivity index (χ2v) is 4.23. The van der Waals surface area contributed by atoms with E-state index in [1.807, 2.05) is 0 Å². The van der Waals surface area contributed by atoms with Gasteiger partial charge in [0.25, 0.3) is 0 Å². The maximum Gasteiger partial charge on any atom is 0.224 e. The summed E-state index contributed by atoms with van der Waals surface area (Å²) < 4.78 is 0. The molecule has 0 aromatic rings. The van der Waals surface area contributed by atoms with Gasteiger partial charge in [-0.3, -0.25) is 9.59 Å². The van der Waals surface area contributed by atoms with Crippen LogP contribution in [0.15, 0.2) is 0 Å². The third-order valence-electron chi connectivity index (χ3n) is 2.84. The lowest BCUT2D eigenvalue weighted by atomic mass is 10.0. The predicted octanol–water partition coefficient (Wildman–Crippen LogP) is 0.761. The van der Waals surface area contributed by atoms with E-state index in [4.69, 9.17) is 5.73 Å². The van der Waals surface area contributed by atoms with E-state index in [-0.39, 0.29) is 17.7 Å². The van der Waals surface area contributed by atoms with Crippen LogP contribution in [0.2, 0.25) is 0 Å². The zero-order valence-corrected chi connectivity index (χ0v) is 9.16. The van der Waals surface area contributed by atoms with E-state index in [0.717, 1.165) is 12.8 Å². The first-order chi connectivity index (χ1) is 7.09. The van der Waals surface area contributed by atoms with Gasteiger partial charge in [0.1, 0.15) is 0 Å². The minimum absolute atomic E-state index is 0.0741. The molecular weight excluding hydrogens is 192 g/mol. The molecule has 0 heterocycles. The highest BCUT2D eigenvalue weighted by Crippen LogP contribution is 2.17. The molecule has 4 heteroatoms. The summed E-state index contributed by atoms with van der Waals surface area (Å²) in [7, 11) is 0. The minimum atomic E-state index is -0.361. The van der Waals surface area contributed by atoms with Gasteiger partial charge in [0.05, 0.1) is 6.42 Å². The number of hydrogen-bond acceptors (Lipinski definition) is 2. The Balaban J connectivity index is 2.15. The summed E-state index contributed by atoms with van der Waals surface area (Å²) in [6.45, 7) is 1.72. The number of nitrogens with two attached hydrogens (primary N) is 1. The van der Waals surface area contributed by atoms with Gasteiger partial charge >= 0.3 is 0 Å². The van der Waals surface area contributed by atoms with Crippen LogP contribution in [-0.4, -0.2) is 17.9 Å². The van der Waals surface area contributed by atoms with Gasteiger partial charge in [-0.1, -0.05) is 19.8 Å². The van der Waals surface area contributed by atoms with Crippen molar-refractivity contribution in [1.82, 2.24) is 5.32 Å². The number of hydrogen-bond donors (Lipinski definition) is 2. The lowest BCUT2D eigenvalue weighted by Gasteiger charge is -2.12. The van der Waals surface area contributed by atoms with Crippen molar-refractivity contribution in [2.75, 3.05) is 0 Å². The molecule has 0 aliphatic heterocycles. The summed E-state index contributed by atoms with van der Waals surface area (Å²) in [6, 6.07) is 0.331. The molecular formula is C11H19N2O2. The summed E-state index contributed by atoms with van der Waals surface area (Å²) in [5, 5.41) is 2.93. The number of carbonyl (C=O) groups excluding carboxylic acids is 2. The van der Waals surface area contributed by atoms with E-state index in [1.165, 1.54) is 19.3 Å². The van der Waals surface area contributed by atoms with Gasteiger partial charge in [-0.15, -0.1) is 0 Å². The SMILES string of the molecule is C[C@@H](C[CH]C(=O)NC1CCCC1)C(N)=O. The molecule has 1 aliphatic rings. The first-order valence-electron chi connectivity index (χ1n) is 5.52. The standard InChI is InChI=1S/C11H19N2O2/c1-8(11(12)15)6-7-10(14)13-9-4-2-3-5-9/h7-9H,2-6H2,1H3,(H2,12,15)(H,13,14)/t8-/m0/s1. The maximum atomic E-state index is 11.4.